The van der Waals surface area contributed by atoms with Gasteiger partial charge in [0.15, 0.2) is 0 Å². The van der Waals surface area contributed by atoms with E-state index in [1.165, 1.54) is 0 Å². The topological polar surface area (TPSA) is 9.23 Å². The predicted molar refractivity (Wildman–Crippen MR) is 43.1 cm³/mol. The minimum Gasteiger partial charge on any atom is -0.463 e. The minimum absolute atomic E-state index is 0.532. The van der Waals surface area contributed by atoms with Crippen LogP contribution in [0.2, 0.25) is 0 Å². The van der Waals surface area contributed by atoms with Gasteiger partial charge in [-0.2, -0.15) is 0 Å². The molecule has 11 heavy (non-hydrogen) atoms. The molecule has 1 aromatic rings. The molecule has 0 saturated carbocycles. The van der Waals surface area contributed by atoms with Crippen LogP contribution in [0, 0.1) is 0 Å². The van der Waals surface area contributed by atoms with Crippen molar-refractivity contribution in [1.82, 2.24) is 0 Å². The number of alkyl halides is 1. The molecule has 0 spiro atoms. The van der Waals surface area contributed by atoms with Crippen molar-refractivity contribution >= 4 is 6.08 Å². The molecule has 0 unspecified atom stereocenters. The summed E-state index contributed by atoms with van der Waals surface area (Å²) < 4.78 is 16.3. The average Bonchev–Trinajstić information content (AvgIpc) is 2.06. The second-order valence-electron chi connectivity index (χ2n) is 2.03. The van der Waals surface area contributed by atoms with Crippen LogP contribution < -0.4 is 4.74 Å². The van der Waals surface area contributed by atoms with Crippen LogP contribution in [-0.4, -0.2) is 6.86 Å². The fourth-order valence-electron chi connectivity index (χ4n) is 0.794. The summed E-state index contributed by atoms with van der Waals surface area (Å²) in [4.78, 5) is 0. The van der Waals surface area contributed by atoms with E-state index in [0.717, 1.165) is 5.56 Å². The minimum atomic E-state index is -0.791. The smallest absolute Gasteiger partial charge is 0.228 e. The molecule has 0 aliphatic rings. The van der Waals surface area contributed by atoms with E-state index in [9.17, 15) is 4.39 Å². The maximum Gasteiger partial charge on any atom is 0.228 e. The Morgan fingerprint density at radius 3 is 3.00 bits per heavy atom. The molecule has 0 bridgehead atoms. The van der Waals surface area contributed by atoms with Gasteiger partial charge in [0.1, 0.15) is 5.75 Å². The molecular weight excluding hydrogens is 143 g/mol. The first-order chi connectivity index (χ1) is 5.36. The van der Waals surface area contributed by atoms with Gasteiger partial charge in [-0.3, -0.25) is 0 Å². The molecule has 58 valence electrons. The van der Waals surface area contributed by atoms with E-state index in [2.05, 4.69) is 11.3 Å². The Bertz CT molecular complexity index is 245. The summed E-state index contributed by atoms with van der Waals surface area (Å²) in [6.45, 7) is 2.79. The van der Waals surface area contributed by atoms with Gasteiger partial charge in [0, 0.05) is 0 Å². The first-order valence-electron chi connectivity index (χ1n) is 3.28. The van der Waals surface area contributed by atoms with Gasteiger partial charge >= 0.3 is 0 Å². The summed E-state index contributed by atoms with van der Waals surface area (Å²) in [5.74, 6) is 0.532. The monoisotopic (exact) mass is 152 g/mol. The average molecular weight is 152 g/mol. The van der Waals surface area contributed by atoms with Crippen LogP contribution in [0.1, 0.15) is 5.56 Å². The summed E-state index contributed by atoms with van der Waals surface area (Å²) in [5, 5.41) is 0. The van der Waals surface area contributed by atoms with E-state index >= 15 is 0 Å². The quantitative estimate of drug-likeness (QED) is 0.647. The lowest BCUT2D eigenvalue weighted by Gasteiger charge is -2.00. The van der Waals surface area contributed by atoms with Gasteiger partial charge in [0.05, 0.1) is 0 Å². The Hall–Kier alpha value is -1.31. The summed E-state index contributed by atoms with van der Waals surface area (Å²) >= 11 is 0. The molecule has 0 amide bonds. The molecule has 0 saturated heterocycles. The van der Waals surface area contributed by atoms with Gasteiger partial charge in [-0.25, -0.2) is 4.39 Å². The van der Waals surface area contributed by atoms with Crippen LogP contribution in [0.15, 0.2) is 30.8 Å². The zero-order valence-corrected chi connectivity index (χ0v) is 6.09. The third-order valence-electron chi connectivity index (χ3n) is 1.32. The molecule has 2 heteroatoms. The summed E-state index contributed by atoms with van der Waals surface area (Å²) in [7, 11) is 0. The summed E-state index contributed by atoms with van der Waals surface area (Å²) in [6, 6.07) is 7.10. The van der Waals surface area contributed by atoms with Crippen LogP contribution in [0.3, 0.4) is 0 Å². The fraction of sp³-hybridized carbons (Fsp3) is 0.111. The maximum atomic E-state index is 11.7. The third-order valence-corrected chi connectivity index (χ3v) is 1.32. The Kier molecular flexibility index (Phi) is 2.66. The Morgan fingerprint density at radius 2 is 2.36 bits per heavy atom. The van der Waals surface area contributed by atoms with E-state index in [4.69, 9.17) is 0 Å². The van der Waals surface area contributed by atoms with Crippen molar-refractivity contribution < 1.29 is 9.13 Å². The van der Waals surface area contributed by atoms with Gasteiger partial charge < -0.3 is 4.74 Å². The van der Waals surface area contributed by atoms with Crippen molar-refractivity contribution in [3.8, 4) is 5.75 Å². The molecule has 0 fully saturated rings. The number of halogens is 1. The van der Waals surface area contributed by atoms with Crippen LogP contribution in [0.25, 0.3) is 6.08 Å². The first kappa shape index (κ1) is 7.79. The van der Waals surface area contributed by atoms with Crippen LogP contribution in [0.4, 0.5) is 4.39 Å². The SMILES string of the molecule is C=Cc1cccc(OCF)c1. The fourth-order valence-corrected chi connectivity index (χ4v) is 0.794. The normalized spacial score (nSPS) is 9.18. The van der Waals surface area contributed by atoms with E-state index in [-0.39, 0.29) is 0 Å². The third kappa shape index (κ3) is 2.08. The van der Waals surface area contributed by atoms with Crippen molar-refractivity contribution in [3.63, 3.8) is 0 Å². The molecule has 1 aromatic carbocycles. The second kappa shape index (κ2) is 3.76. The van der Waals surface area contributed by atoms with Crippen molar-refractivity contribution in [1.29, 1.82) is 0 Å². The Balaban J connectivity index is 2.82. The van der Waals surface area contributed by atoms with Crippen molar-refractivity contribution in [2.45, 2.75) is 0 Å². The zero-order chi connectivity index (χ0) is 8.10. The highest BCUT2D eigenvalue weighted by atomic mass is 19.1. The highest BCUT2D eigenvalue weighted by Gasteiger charge is 1.91. The number of ether oxygens (including phenoxy) is 1. The lowest BCUT2D eigenvalue weighted by molar-refractivity contribution is 0.192. The van der Waals surface area contributed by atoms with E-state index in [1.54, 1.807) is 24.3 Å². The van der Waals surface area contributed by atoms with Crippen LogP contribution in [0.5, 0.6) is 5.75 Å². The number of hydrogen-bond donors (Lipinski definition) is 0. The summed E-state index contributed by atoms with van der Waals surface area (Å²) in [5.41, 5.74) is 0.927. The lowest BCUT2D eigenvalue weighted by Crippen LogP contribution is -1.89. The standard InChI is InChI=1S/C9H9FO/c1-2-8-4-3-5-9(6-8)11-7-10/h2-6H,1,7H2. The van der Waals surface area contributed by atoms with Gasteiger partial charge in [0.25, 0.3) is 0 Å². The molecule has 0 aromatic heterocycles. The van der Waals surface area contributed by atoms with Gasteiger partial charge in [-0.1, -0.05) is 24.8 Å². The van der Waals surface area contributed by atoms with Crippen molar-refractivity contribution in [2.75, 3.05) is 6.86 Å². The Labute approximate surface area is 65.1 Å². The second-order valence-corrected chi connectivity index (χ2v) is 2.03. The van der Waals surface area contributed by atoms with Crippen LogP contribution in [-0.2, 0) is 0 Å². The molecule has 1 rings (SSSR count). The van der Waals surface area contributed by atoms with Gasteiger partial charge in [0.2, 0.25) is 6.86 Å². The largest absolute Gasteiger partial charge is 0.463 e. The highest BCUT2D eigenvalue weighted by molar-refractivity contribution is 5.49. The maximum absolute atomic E-state index is 11.7. The number of rotatable bonds is 3. The lowest BCUT2D eigenvalue weighted by atomic mass is 10.2. The molecule has 1 nitrogen and oxygen atoms in total. The predicted octanol–water partition coefficient (Wildman–Crippen LogP) is 2.64. The first-order valence-corrected chi connectivity index (χ1v) is 3.28. The Morgan fingerprint density at radius 1 is 1.55 bits per heavy atom. The number of benzene rings is 1. The molecule has 0 aliphatic heterocycles. The van der Waals surface area contributed by atoms with Crippen molar-refractivity contribution in [3.05, 3.63) is 36.4 Å². The van der Waals surface area contributed by atoms with Gasteiger partial charge in [-0.15, -0.1) is 0 Å². The van der Waals surface area contributed by atoms with E-state index < -0.39 is 6.86 Å². The molecule has 0 aliphatic carbocycles. The van der Waals surface area contributed by atoms with Crippen molar-refractivity contribution in [2.24, 2.45) is 0 Å². The molecular formula is C9H9FO. The van der Waals surface area contributed by atoms with Crippen LogP contribution >= 0.6 is 0 Å². The zero-order valence-electron chi connectivity index (χ0n) is 6.09. The molecule has 0 radical (unpaired) electrons. The van der Waals surface area contributed by atoms with E-state index in [0.29, 0.717) is 5.75 Å². The highest BCUT2D eigenvalue weighted by Crippen LogP contribution is 2.13. The van der Waals surface area contributed by atoms with Gasteiger partial charge in [-0.05, 0) is 17.7 Å². The molecule has 0 heterocycles. The summed E-state index contributed by atoms with van der Waals surface area (Å²) in [6.07, 6.45) is 1.69. The number of hydrogen-bond acceptors (Lipinski definition) is 1. The molecule has 0 atom stereocenters. The molecule has 0 N–H and O–H groups in total. The van der Waals surface area contributed by atoms with E-state index in [1.807, 2.05) is 6.07 Å².